The number of nitrogens with two attached hydrogens (primary N) is 1. The highest BCUT2D eigenvalue weighted by Crippen LogP contribution is 2.69. The highest BCUT2D eigenvalue weighted by Gasteiger charge is 2.65. The van der Waals surface area contributed by atoms with Crippen LogP contribution >= 0.6 is 11.6 Å². The molecule has 0 bridgehead atoms. The van der Waals surface area contributed by atoms with Crippen LogP contribution in [0.1, 0.15) is 38.2 Å². The summed E-state index contributed by atoms with van der Waals surface area (Å²) in [6.45, 7) is 4.14. The molecule has 1 aliphatic carbocycles. The van der Waals surface area contributed by atoms with Crippen molar-refractivity contribution in [2.75, 3.05) is 12.4 Å². The Hall–Kier alpha value is -2.09. The van der Waals surface area contributed by atoms with Gasteiger partial charge in [-0.25, -0.2) is 13.6 Å². The SMILES string of the molecule is CCC1(CC)C(C(=O)Nc2cc(Cl)ccc2OC)C1c1ccc(S(N)(=O)=O)cc1. The number of methoxy groups -OCH3 is 1. The predicted octanol–water partition coefficient (Wildman–Crippen LogP) is 4.15. The van der Waals surface area contributed by atoms with Crippen LogP contribution in [0.2, 0.25) is 5.02 Å². The minimum atomic E-state index is -3.75. The van der Waals surface area contributed by atoms with Crippen molar-refractivity contribution < 1.29 is 17.9 Å². The number of anilines is 1. The number of hydrogen-bond donors (Lipinski definition) is 2. The van der Waals surface area contributed by atoms with Gasteiger partial charge in [-0.05, 0) is 54.2 Å². The van der Waals surface area contributed by atoms with Gasteiger partial charge < -0.3 is 10.1 Å². The van der Waals surface area contributed by atoms with Crippen LogP contribution in [0.5, 0.6) is 5.75 Å². The minimum Gasteiger partial charge on any atom is -0.495 e. The number of halogens is 1. The van der Waals surface area contributed by atoms with E-state index in [2.05, 4.69) is 19.2 Å². The monoisotopic (exact) mass is 436 g/mol. The third-order valence-corrected chi connectivity index (χ3v) is 7.21. The number of ether oxygens (including phenoxy) is 1. The molecule has 0 spiro atoms. The molecule has 29 heavy (non-hydrogen) atoms. The molecule has 0 aliphatic heterocycles. The van der Waals surface area contributed by atoms with Gasteiger partial charge in [0.1, 0.15) is 5.75 Å². The van der Waals surface area contributed by atoms with Crippen molar-refractivity contribution in [2.24, 2.45) is 16.5 Å². The van der Waals surface area contributed by atoms with Crippen LogP contribution in [0.25, 0.3) is 0 Å². The summed E-state index contributed by atoms with van der Waals surface area (Å²) in [5.41, 5.74) is 1.28. The fourth-order valence-corrected chi connectivity index (χ4v) is 5.10. The molecule has 1 fully saturated rings. The van der Waals surface area contributed by atoms with Crippen molar-refractivity contribution >= 4 is 33.2 Å². The molecule has 2 atom stereocenters. The standard InChI is InChI=1S/C21H25ClN2O4S/c1-4-21(5-2)18(13-6-9-15(10-7-13)29(23,26)27)19(21)20(25)24-16-12-14(22)8-11-17(16)28-3/h6-12,18-19H,4-5H2,1-3H3,(H,24,25)(H2,23,26,27). The lowest BCUT2D eigenvalue weighted by atomic mass is 9.93. The molecule has 2 aromatic rings. The van der Waals surface area contributed by atoms with E-state index in [9.17, 15) is 13.2 Å². The molecule has 6 nitrogen and oxygen atoms in total. The smallest absolute Gasteiger partial charge is 0.238 e. The van der Waals surface area contributed by atoms with Crippen LogP contribution < -0.4 is 15.2 Å². The number of amides is 1. The highest BCUT2D eigenvalue weighted by molar-refractivity contribution is 7.89. The van der Waals surface area contributed by atoms with Crippen LogP contribution in [0.3, 0.4) is 0 Å². The molecule has 156 valence electrons. The van der Waals surface area contributed by atoms with Gasteiger partial charge in [0.05, 0.1) is 23.6 Å². The molecule has 0 saturated heterocycles. The van der Waals surface area contributed by atoms with E-state index < -0.39 is 10.0 Å². The summed E-state index contributed by atoms with van der Waals surface area (Å²) >= 11 is 6.07. The summed E-state index contributed by atoms with van der Waals surface area (Å²) in [4.78, 5) is 13.2. The zero-order valence-corrected chi connectivity index (χ0v) is 18.2. The van der Waals surface area contributed by atoms with E-state index in [1.807, 2.05) is 0 Å². The van der Waals surface area contributed by atoms with Gasteiger partial charge in [0.15, 0.2) is 0 Å². The lowest BCUT2D eigenvalue weighted by Gasteiger charge is -2.14. The third-order valence-electron chi connectivity index (χ3n) is 6.05. The van der Waals surface area contributed by atoms with Crippen molar-refractivity contribution in [1.29, 1.82) is 0 Å². The summed E-state index contributed by atoms with van der Waals surface area (Å²) < 4.78 is 28.4. The predicted molar refractivity (Wildman–Crippen MR) is 114 cm³/mol. The van der Waals surface area contributed by atoms with Crippen LogP contribution in [-0.4, -0.2) is 21.4 Å². The largest absolute Gasteiger partial charge is 0.495 e. The molecular formula is C21H25ClN2O4S. The molecule has 3 N–H and O–H groups in total. The van der Waals surface area contributed by atoms with Gasteiger partial charge in [-0.3, -0.25) is 4.79 Å². The lowest BCUT2D eigenvalue weighted by molar-refractivity contribution is -0.118. The fourth-order valence-electron chi connectivity index (χ4n) is 4.41. The Morgan fingerprint density at radius 3 is 2.31 bits per heavy atom. The van der Waals surface area contributed by atoms with Gasteiger partial charge in [-0.2, -0.15) is 0 Å². The Bertz CT molecular complexity index is 1020. The van der Waals surface area contributed by atoms with Gasteiger partial charge >= 0.3 is 0 Å². The van der Waals surface area contributed by atoms with Crippen molar-refractivity contribution in [3.8, 4) is 5.75 Å². The fraction of sp³-hybridized carbons (Fsp3) is 0.381. The Balaban J connectivity index is 1.89. The molecule has 3 rings (SSSR count). The van der Waals surface area contributed by atoms with E-state index in [0.29, 0.717) is 16.5 Å². The Morgan fingerprint density at radius 2 is 1.79 bits per heavy atom. The number of sulfonamides is 1. The van der Waals surface area contributed by atoms with E-state index in [4.69, 9.17) is 21.5 Å². The zero-order chi connectivity index (χ0) is 21.4. The molecule has 2 aromatic carbocycles. The van der Waals surface area contributed by atoms with Gasteiger partial charge in [0.2, 0.25) is 15.9 Å². The summed E-state index contributed by atoms with van der Waals surface area (Å²) in [7, 11) is -2.22. The average molecular weight is 437 g/mol. The molecule has 0 radical (unpaired) electrons. The molecule has 0 aromatic heterocycles. The number of primary sulfonamides is 1. The van der Waals surface area contributed by atoms with Crippen molar-refractivity contribution in [3.05, 3.63) is 53.1 Å². The normalized spacial score (nSPS) is 20.2. The molecule has 8 heteroatoms. The number of carbonyl (C=O) groups excluding carboxylic acids is 1. The number of hydrogen-bond acceptors (Lipinski definition) is 4. The molecule has 1 aliphatic rings. The van der Waals surface area contributed by atoms with E-state index in [0.717, 1.165) is 18.4 Å². The summed E-state index contributed by atoms with van der Waals surface area (Å²) in [5, 5.41) is 8.65. The maximum absolute atomic E-state index is 13.2. The molecular weight excluding hydrogens is 412 g/mol. The number of benzene rings is 2. The number of carbonyl (C=O) groups is 1. The first-order valence-electron chi connectivity index (χ1n) is 9.45. The maximum atomic E-state index is 13.2. The minimum absolute atomic E-state index is 0.00259. The van der Waals surface area contributed by atoms with Gasteiger partial charge in [0, 0.05) is 10.9 Å². The summed E-state index contributed by atoms with van der Waals surface area (Å²) in [6.07, 6.45) is 1.66. The van der Waals surface area contributed by atoms with Crippen LogP contribution in [0.4, 0.5) is 5.69 Å². The second-order valence-electron chi connectivity index (χ2n) is 7.34. The van der Waals surface area contributed by atoms with E-state index in [1.54, 1.807) is 30.3 Å². The highest BCUT2D eigenvalue weighted by atomic mass is 35.5. The second-order valence-corrected chi connectivity index (χ2v) is 9.34. The van der Waals surface area contributed by atoms with Crippen molar-refractivity contribution in [3.63, 3.8) is 0 Å². The van der Waals surface area contributed by atoms with Gasteiger partial charge in [0.25, 0.3) is 0 Å². The van der Waals surface area contributed by atoms with Crippen LogP contribution in [0, 0.1) is 11.3 Å². The topological polar surface area (TPSA) is 98.5 Å². The second kappa shape index (κ2) is 7.97. The van der Waals surface area contributed by atoms with Crippen LogP contribution in [0.15, 0.2) is 47.4 Å². The van der Waals surface area contributed by atoms with Crippen LogP contribution in [-0.2, 0) is 14.8 Å². The number of rotatable bonds is 7. The van der Waals surface area contributed by atoms with Crippen molar-refractivity contribution in [1.82, 2.24) is 0 Å². The first-order valence-corrected chi connectivity index (χ1v) is 11.4. The third kappa shape index (κ3) is 3.99. The summed E-state index contributed by atoms with van der Waals surface area (Å²) in [6, 6.07) is 11.6. The Morgan fingerprint density at radius 1 is 1.17 bits per heavy atom. The van der Waals surface area contributed by atoms with Gasteiger partial charge in [-0.1, -0.05) is 37.6 Å². The molecule has 0 heterocycles. The zero-order valence-electron chi connectivity index (χ0n) is 16.6. The first kappa shape index (κ1) is 21.6. The quantitative estimate of drug-likeness (QED) is 0.680. The average Bonchev–Trinajstić information content (AvgIpc) is 3.37. The Kier molecular flexibility index (Phi) is 5.94. The first-order chi connectivity index (χ1) is 13.7. The van der Waals surface area contributed by atoms with E-state index in [-0.39, 0.29) is 28.1 Å². The molecule has 1 amide bonds. The van der Waals surface area contributed by atoms with E-state index in [1.165, 1.54) is 19.2 Å². The molecule has 1 saturated carbocycles. The number of nitrogens with one attached hydrogen (secondary N) is 1. The van der Waals surface area contributed by atoms with E-state index >= 15 is 0 Å². The maximum Gasteiger partial charge on any atom is 0.238 e. The Labute approximate surface area is 176 Å². The molecule has 2 unspecified atom stereocenters. The lowest BCUT2D eigenvalue weighted by Crippen LogP contribution is -2.18. The van der Waals surface area contributed by atoms with Gasteiger partial charge in [-0.15, -0.1) is 0 Å². The summed E-state index contributed by atoms with van der Waals surface area (Å²) in [5.74, 6) is 0.199. The van der Waals surface area contributed by atoms with Crippen molar-refractivity contribution in [2.45, 2.75) is 37.5 Å².